The molecular weight excluding hydrogens is 761 g/mol. The second-order valence-electron chi connectivity index (χ2n) is 15.7. The largest absolute Gasteiger partial charge is 0.0853 e. The molecule has 0 heterocycles. The summed E-state index contributed by atoms with van der Waals surface area (Å²) in [5.41, 5.74) is 13.1. The van der Waals surface area contributed by atoms with E-state index >= 15 is 0 Å². The van der Waals surface area contributed by atoms with Crippen molar-refractivity contribution in [3.63, 3.8) is 0 Å². The summed E-state index contributed by atoms with van der Waals surface area (Å²) >= 11 is 0. The molecule has 0 spiro atoms. The zero-order valence-corrected chi connectivity index (χ0v) is 35.6. The molecule has 290 valence electrons. The Morgan fingerprint density at radius 1 is 0.300 bits per heavy atom. The molecule has 0 radical (unpaired) electrons. The first-order valence-corrected chi connectivity index (χ1v) is 23.5. The summed E-state index contributed by atoms with van der Waals surface area (Å²) in [7, 11) is 4.09. The molecule has 0 aliphatic rings. The van der Waals surface area contributed by atoms with Crippen LogP contribution in [0.2, 0.25) is 0 Å². The minimum absolute atomic E-state index is 0.288. The third kappa shape index (κ3) is 7.19. The summed E-state index contributed by atoms with van der Waals surface area (Å²) in [6.07, 6.45) is 2.05. The van der Waals surface area contributed by atoms with Gasteiger partial charge >= 0.3 is 0 Å². The van der Waals surface area contributed by atoms with Crippen LogP contribution in [0.25, 0.3) is 87.6 Å². The first-order chi connectivity index (χ1) is 29.7. The van der Waals surface area contributed by atoms with Crippen molar-refractivity contribution in [2.45, 2.75) is 37.2 Å². The molecule has 0 fully saturated rings. The highest BCUT2D eigenvalue weighted by Gasteiger charge is 2.24. The van der Waals surface area contributed by atoms with Gasteiger partial charge < -0.3 is 0 Å². The molecule has 2 heteroatoms. The van der Waals surface area contributed by atoms with Crippen molar-refractivity contribution in [3.05, 3.63) is 217 Å². The van der Waals surface area contributed by atoms with Crippen molar-refractivity contribution < 1.29 is 0 Å². The van der Waals surface area contributed by atoms with Crippen LogP contribution in [0.4, 0.5) is 0 Å². The number of fused-ring (bicyclic) bond motifs is 4. The molecule has 60 heavy (non-hydrogen) atoms. The maximum absolute atomic E-state index is 2.47. The van der Waals surface area contributed by atoms with Crippen molar-refractivity contribution in [2.75, 3.05) is 0 Å². The standard InChI is InChI=1S/C58H46S2/c1-3-57(53-35-33-43(49-29-13-21-39-17-5-9-25-45(39)49)37-55(53)51-31-15-23-41-19-7-11-27-47(41)51)59-60-58(4-2)54-36-34-44(50-30-14-22-40-18-6-10-26-46(40)50)38-56(54)52-32-16-24-42-20-8-12-28-48(42)52/h5-38,57-58H,3-4H2,1-2H3/t57-,58-/m1/s1. The Labute approximate surface area is 361 Å². The Morgan fingerprint density at radius 3 is 0.950 bits per heavy atom. The van der Waals surface area contributed by atoms with Gasteiger partial charge in [-0.1, -0.05) is 230 Å². The van der Waals surface area contributed by atoms with E-state index < -0.39 is 0 Å². The lowest BCUT2D eigenvalue weighted by Gasteiger charge is -2.25. The molecule has 0 aliphatic carbocycles. The molecule has 10 aromatic carbocycles. The van der Waals surface area contributed by atoms with Gasteiger partial charge in [0.25, 0.3) is 0 Å². The van der Waals surface area contributed by atoms with Gasteiger partial charge in [0.15, 0.2) is 0 Å². The van der Waals surface area contributed by atoms with Crippen LogP contribution in [-0.2, 0) is 0 Å². The third-order valence-electron chi connectivity index (χ3n) is 12.2. The molecule has 0 N–H and O–H groups in total. The van der Waals surface area contributed by atoms with Gasteiger partial charge in [0.1, 0.15) is 0 Å². The van der Waals surface area contributed by atoms with Crippen molar-refractivity contribution in [1.29, 1.82) is 0 Å². The zero-order chi connectivity index (χ0) is 40.4. The molecule has 0 aromatic heterocycles. The Balaban J connectivity index is 1.07. The van der Waals surface area contributed by atoms with E-state index in [9.17, 15) is 0 Å². The fraction of sp³-hybridized carbons (Fsp3) is 0.103. The number of rotatable bonds is 11. The normalized spacial score (nSPS) is 12.6. The topological polar surface area (TPSA) is 0 Å². The maximum atomic E-state index is 2.47. The lowest BCUT2D eigenvalue weighted by Crippen LogP contribution is -2.00. The predicted octanol–water partition coefficient (Wildman–Crippen LogP) is 18.0. The molecule has 2 atom stereocenters. The van der Waals surface area contributed by atoms with Crippen LogP contribution in [0.5, 0.6) is 0 Å². The molecule has 0 aliphatic heterocycles. The van der Waals surface area contributed by atoms with E-state index in [1.54, 1.807) is 0 Å². The van der Waals surface area contributed by atoms with Gasteiger partial charge in [-0.25, -0.2) is 0 Å². The van der Waals surface area contributed by atoms with Crippen molar-refractivity contribution in [1.82, 2.24) is 0 Å². The lowest BCUT2D eigenvalue weighted by atomic mass is 9.89. The molecule has 0 saturated carbocycles. The van der Waals surface area contributed by atoms with Crippen LogP contribution < -0.4 is 0 Å². The summed E-state index contributed by atoms with van der Waals surface area (Å²) in [4.78, 5) is 0. The van der Waals surface area contributed by atoms with Gasteiger partial charge in [-0.2, -0.15) is 0 Å². The van der Waals surface area contributed by atoms with E-state index in [2.05, 4.69) is 220 Å². The van der Waals surface area contributed by atoms with Crippen LogP contribution in [0, 0.1) is 0 Å². The summed E-state index contributed by atoms with van der Waals surface area (Å²) in [6, 6.07) is 76.6. The van der Waals surface area contributed by atoms with Crippen LogP contribution in [0.3, 0.4) is 0 Å². The van der Waals surface area contributed by atoms with E-state index in [1.165, 1.54) is 98.7 Å². The monoisotopic (exact) mass is 806 g/mol. The van der Waals surface area contributed by atoms with E-state index in [1.807, 2.05) is 21.6 Å². The summed E-state index contributed by atoms with van der Waals surface area (Å²) in [5, 5.41) is 10.8. The minimum Gasteiger partial charge on any atom is -0.0853 e. The lowest BCUT2D eigenvalue weighted by molar-refractivity contribution is 0.895. The molecule has 0 unspecified atom stereocenters. The Morgan fingerprint density at radius 2 is 0.600 bits per heavy atom. The molecular formula is C58H46S2. The minimum atomic E-state index is 0.288. The first-order valence-electron chi connectivity index (χ1n) is 21.2. The second-order valence-corrected chi connectivity index (χ2v) is 18.4. The highest BCUT2D eigenvalue weighted by Crippen LogP contribution is 2.53. The molecule has 0 bridgehead atoms. The highest BCUT2D eigenvalue weighted by atomic mass is 33.1. The Hall–Kier alpha value is -6.06. The van der Waals surface area contributed by atoms with Crippen LogP contribution >= 0.6 is 21.6 Å². The summed E-state index contributed by atoms with van der Waals surface area (Å²) < 4.78 is 0. The van der Waals surface area contributed by atoms with Crippen molar-refractivity contribution in [3.8, 4) is 44.5 Å². The van der Waals surface area contributed by atoms with E-state index in [0.717, 1.165) is 12.8 Å². The Kier molecular flexibility index (Phi) is 10.7. The highest BCUT2D eigenvalue weighted by molar-refractivity contribution is 8.76. The van der Waals surface area contributed by atoms with E-state index in [-0.39, 0.29) is 10.5 Å². The second kappa shape index (κ2) is 16.9. The van der Waals surface area contributed by atoms with Gasteiger partial charge in [0.05, 0.1) is 0 Å². The van der Waals surface area contributed by atoms with Crippen LogP contribution in [-0.4, -0.2) is 0 Å². The molecule has 0 saturated heterocycles. The maximum Gasteiger partial charge on any atom is 0.0404 e. The first kappa shape index (κ1) is 38.2. The van der Waals surface area contributed by atoms with Crippen molar-refractivity contribution in [2.24, 2.45) is 0 Å². The smallest absolute Gasteiger partial charge is 0.0404 e. The summed E-state index contributed by atoms with van der Waals surface area (Å²) in [5.74, 6) is 0. The number of hydrogen-bond acceptors (Lipinski definition) is 2. The quantitative estimate of drug-likeness (QED) is 0.119. The van der Waals surface area contributed by atoms with Gasteiger partial charge in [0, 0.05) is 10.5 Å². The number of hydrogen-bond donors (Lipinski definition) is 0. The van der Waals surface area contributed by atoms with Gasteiger partial charge in [0.2, 0.25) is 0 Å². The average Bonchev–Trinajstić information content (AvgIpc) is 3.32. The fourth-order valence-corrected chi connectivity index (χ4v) is 12.6. The fourth-order valence-electron chi connectivity index (χ4n) is 9.16. The average molecular weight is 807 g/mol. The summed E-state index contributed by atoms with van der Waals surface area (Å²) in [6.45, 7) is 4.70. The SMILES string of the molecule is CC[C@@H](SS[C@H](CC)c1ccc(-c2cccc3ccccc23)cc1-c1cccc2ccccc12)c1ccc(-c2cccc3ccccc23)cc1-c1cccc2ccccc12. The van der Waals surface area contributed by atoms with Crippen LogP contribution in [0.1, 0.15) is 48.3 Å². The number of benzene rings is 10. The molecule has 10 rings (SSSR count). The molecule has 0 amide bonds. The zero-order valence-electron chi connectivity index (χ0n) is 34.0. The third-order valence-corrected chi connectivity index (χ3v) is 15.7. The molecule has 10 aromatic rings. The Bertz CT molecular complexity index is 2920. The van der Waals surface area contributed by atoms with Crippen molar-refractivity contribution >= 4 is 64.7 Å². The van der Waals surface area contributed by atoms with Crippen LogP contribution in [0.15, 0.2) is 206 Å². The van der Waals surface area contributed by atoms with Gasteiger partial charge in [-0.05, 0) is 124 Å². The van der Waals surface area contributed by atoms with Gasteiger partial charge in [-0.15, -0.1) is 0 Å². The predicted molar refractivity (Wildman–Crippen MR) is 266 cm³/mol. The van der Waals surface area contributed by atoms with E-state index in [0.29, 0.717) is 0 Å². The van der Waals surface area contributed by atoms with Gasteiger partial charge in [-0.3, -0.25) is 0 Å². The molecule has 0 nitrogen and oxygen atoms in total. The van der Waals surface area contributed by atoms with E-state index in [4.69, 9.17) is 0 Å².